The van der Waals surface area contributed by atoms with Gasteiger partial charge < -0.3 is 9.36 Å². The largest absolute Gasteiger partial charge is 0.328 e. The lowest BCUT2D eigenvalue weighted by Crippen LogP contribution is -2.12. The topological polar surface area (TPSA) is 34.9 Å². The molecule has 18 heavy (non-hydrogen) atoms. The second-order valence-electron chi connectivity index (χ2n) is 4.03. The molecular weight excluding hydrogens is 224 g/mol. The number of carbonyl (C=O) groups is 1. The van der Waals surface area contributed by atoms with E-state index < -0.39 is 0 Å². The summed E-state index contributed by atoms with van der Waals surface area (Å²) in [6.07, 6.45) is 13.8. The number of allylic oxidation sites excluding steroid dienone is 5. The molecule has 1 aromatic rings. The quantitative estimate of drug-likeness (QED) is 0.544. The first-order valence-corrected chi connectivity index (χ1v) is 6.13. The Morgan fingerprint density at radius 3 is 2.89 bits per heavy atom. The summed E-state index contributed by atoms with van der Waals surface area (Å²) in [5.74, 6) is 0.956. The lowest BCUT2D eigenvalue weighted by Gasteiger charge is -2.20. The zero-order valence-electron chi connectivity index (χ0n) is 11.0. The minimum absolute atomic E-state index is 0.152. The second-order valence-corrected chi connectivity index (χ2v) is 4.03. The molecule has 3 heteroatoms. The average molecular weight is 244 g/mol. The molecule has 0 aliphatic carbocycles. The Kier molecular flexibility index (Phi) is 5.85. The maximum absolute atomic E-state index is 10.6. The van der Waals surface area contributed by atoms with Crippen molar-refractivity contribution in [2.24, 2.45) is 0 Å². The Bertz CT molecular complexity index is 455. The number of hydrogen-bond acceptors (Lipinski definition) is 2. The highest BCUT2D eigenvalue weighted by Crippen LogP contribution is 2.25. The summed E-state index contributed by atoms with van der Waals surface area (Å²) in [7, 11) is 0. The summed E-state index contributed by atoms with van der Waals surface area (Å²) >= 11 is 0. The van der Waals surface area contributed by atoms with Gasteiger partial charge in [-0.05, 0) is 25.8 Å². The molecule has 0 aliphatic rings. The van der Waals surface area contributed by atoms with Crippen LogP contribution in [0.5, 0.6) is 0 Å². The third kappa shape index (κ3) is 3.55. The van der Waals surface area contributed by atoms with E-state index in [0.717, 1.165) is 24.1 Å². The van der Waals surface area contributed by atoms with Crippen molar-refractivity contribution in [1.82, 2.24) is 9.55 Å². The van der Waals surface area contributed by atoms with Crippen LogP contribution in [-0.4, -0.2) is 15.8 Å². The van der Waals surface area contributed by atoms with Gasteiger partial charge in [0.1, 0.15) is 12.1 Å². The van der Waals surface area contributed by atoms with Crippen molar-refractivity contribution >= 4 is 6.29 Å². The third-order valence-electron chi connectivity index (χ3n) is 2.90. The van der Waals surface area contributed by atoms with Gasteiger partial charge in [-0.15, -0.1) is 0 Å². The number of hydrogen-bond donors (Lipinski definition) is 0. The molecule has 0 saturated carbocycles. The minimum Gasteiger partial charge on any atom is -0.328 e. The highest BCUT2D eigenvalue weighted by molar-refractivity contribution is 5.49. The van der Waals surface area contributed by atoms with Crippen LogP contribution in [0.15, 0.2) is 48.8 Å². The molecule has 0 radical (unpaired) electrons. The van der Waals surface area contributed by atoms with Gasteiger partial charge in [-0.25, -0.2) is 4.98 Å². The van der Waals surface area contributed by atoms with E-state index in [-0.39, 0.29) is 6.04 Å². The van der Waals surface area contributed by atoms with Crippen LogP contribution in [0, 0.1) is 6.92 Å². The molecule has 0 spiro atoms. The van der Waals surface area contributed by atoms with E-state index >= 15 is 0 Å². The van der Waals surface area contributed by atoms with Gasteiger partial charge >= 0.3 is 0 Å². The highest BCUT2D eigenvalue weighted by Gasteiger charge is 2.15. The number of rotatable bonds is 7. The molecule has 3 nitrogen and oxygen atoms in total. The van der Waals surface area contributed by atoms with Crippen LogP contribution < -0.4 is 0 Å². The molecule has 0 amide bonds. The SMILES string of the molecule is C=C/C=C\C(=C/C)C(CCC=O)n1ccnc1C. The van der Waals surface area contributed by atoms with Crippen molar-refractivity contribution < 1.29 is 4.79 Å². The Morgan fingerprint density at radius 1 is 1.61 bits per heavy atom. The fourth-order valence-electron chi connectivity index (χ4n) is 1.99. The Morgan fingerprint density at radius 2 is 2.39 bits per heavy atom. The normalized spacial score (nSPS) is 13.8. The molecule has 1 heterocycles. The molecule has 1 atom stereocenters. The van der Waals surface area contributed by atoms with E-state index in [0.29, 0.717) is 6.42 Å². The maximum Gasteiger partial charge on any atom is 0.120 e. The lowest BCUT2D eigenvalue weighted by molar-refractivity contribution is -0.108. The highest BCUT2D eigenvalue weighted by atomic mass is 16.1. The minimum atomic E-state index is 0.152. The molecule has 0 aliphatic heterocycles. The van der Waals surface area contributed by atoms with Crippen LogP contribution >= 0.6 is 0 Å². The van der Waals surface area contributed by atoms with Crippen molar-refractivity contribution in [2.75, 3.05) is 0 Å². The number of aromatic nitrogens is 2. The van der Waals surface area contributed by atoms with E-state index in [9.17, 15) is 4.79 Å². The van der Waals surface area contributed by atoms with Crippen LogP contribution in [0.1, 0.15) is 31.6 Å². The monoisotopic (exact) mass is 244 g/mol. The van der Waals surface area contributed by atoms with Crippen LogP contribution in [-0.2, 0) is 4.79 Å². The summed E-state index contributed by atoms with van der Waals surface area (Å²) in [5, 5.41) is 0. The molecule has 1 aromatic heterocycles. The van der Waals surface area contributed by atoms with E-state index in [2.05, 4.69) is 22.2 Å². The average Bonchev–Trinajstić information content (AvgIpc) is 2.79. The van der Waals surface area contributed by atoms with E-state index in [1.165, 1.54) is 0 Å². The molecule has 1 rings (SSSR count). The maximum atomic E-state index is 10.6. The number of carbonyl (C=O) groups excluding carboxylic acids is 1. The van der Waals surface area contributed by atoms with Gasteiger partial charge in [0.15, 0.2) is 0 Å². The van der Waals surface area contributed by atoms with E-state index in [4.69, 9.17) is 0 Å². The molecule has 0 saturated heterocycles. The second kappa shape index (κ2) is 7.43. The summed E-state index contributed by atoms with van der Waals surface area (Å²) in [6.45, 7) is 7.65. The van der Waals surface area contributed by atoms with Crippen molar-refractivity contribution in [1.29, 1.82) is 0 Å². The molecule has 0 N–H and O–H groups in total. The summed E-state index contributed by atoms with van der Waals surface area (Å²) in [4.78, 5) is 14.9. The van der Waals surface area contributed by atoms with Crippen molar-refractivity contribution in [3.63, 3.8) is 0 Å². The van der Waals surface area contributed by atoms with E-state index in [1.54, 1.807) is 12.3 Å². The molecule has 1 unspecified atom stereocenters. The zero-order chi connectivity index (χ0) is 13.4. The van der Waals surface area contributed by atoms with Crippen LogP contribution in [0.3, 0.4) is 0 Å². The zero-order valence-corrected chi connectivity index (χ0v) is 11.0. The summed E-state index contributed by atoms with van der Waals surface area (Å²) in [5.41, 5.74) is 1.16. The lowest BCUT2D eigenvalue weighted by atomic mass is 10.0. The third-order valence-corrected chi connectivity index (χ3v) is 2.90. The smallest absolute Gasteiger partial charge is 0.120 e. The fourth-order valence-corrected chi connectivity index (χ4v) is 1.99. The Balaban J connectivity index is 3.04. The fraction of sp³-hybridized carbons (Fsp3) is 0.333. The number of imidazole rings is 1. The van der Waals surface area contributed by atoms with Crippen LogP contribution in [0.2, 0.25) is 0 Å². The van der Waals surface area contributed by atoms with Gasteiger partial charge in [0.25, 0.3) is 0 Å². The first kappa shape index (κ1) is 14.2. The standard InChI is InChI=1S/C15H20N2O/c1-4-6-8-14(5-2)15(9-7-12-18)17-11-10-16-13(17)3/h4-6,8,10-12,15H,1,7,9H2,2-3H3/b8-6-,14-5+. The van der Waals surface area contributed by atoms with Crippen LogP contribution in [0.25, 0.3) is 0 Å². The number of aldehydes is 1. The Labute approximate surface area is 109 Å². The summed E-state index contributed by atoms with van der Waals surface area (Å²) in [6, 6.07) is 0.152. The van der Waals surface area contributed by atoms with E-state index in [1.807, 2.05) is 32.2 Å². The predicted octanol–water partition coefficient (Wildman–Crippen LogP) is 3.40. The molecule has 0 bridgehead atoms. The molecule has 0 fully saturated rings. The Hall–Kier alpha value is -1.90. The predicted molar refractivity (Wildman–Crippen MR) is 74.4 cm³/mol. The number of aryl methyl sites for hydroxylation is 1. The van der Waals surface area contributed by atoms with Gasteiger partial charge in [-0.3, -0.25) is 0 Å². The van der Waals surface area contributed by atoms with Gasteiger partial charge in [-0.1, -0.05) is 30.9 Å². The van der Waals surface area contributed by atoms with Crippen molar-refractivity contribution in [3.05, 3.63) is 54.7 Å². The first-order valence-electron chi connectivity index (χ1n) is 6.13. The first-order chi connectivity index (χ1) is 8.74. The number of nitrogens with zero attached hydrogens (tertiary/aromatic N) is 2. The molecule has 96 valence electrons. The van der Waals surface area contributed by atoms with Gasteiger partial charge in [0.05, 0.1) is 6.04 Å². The molecular formula is C15H20N2O. The van der Waals surface area contributed by atoms with Crippen molar-refractivity contribution in [2.45, 2.75) is 32.7 Å². The van der Waals surface area contributed by atoms with Gasteiger partial charge in [0.2, 0.25) is 0 Å². The van der Waals surface area contributed by atoms with Gasteiger partial charge in [0, 0.05) is 18.8 Å². The molecule has 0 aromatic carbocycles. The van der Waals surface area contributed by atoms with Crippen LogP contribution in [0.4, 0.5) is 0 Å². The van der Waals surface area contributed by atoms with Crippen molar-refractivity contribution in [3.8, 4) is 0 Å². The summed E-state index contributed by atoms with van der Waals surface area (Å²) < 4.78 is 2.10. The van der Waals surface area contributed by atoms with Gasteiger partial charge in [-0.2, -0.15) is 0 Å².